The van der Waals surface area contributed by atoms with Crippen molar-refractivity contribution in [2.24, 2.45) is 0 Å². The molecule has 0 radical (unpaired) electrons. The summed E-state index contributed by atoms with van der Waals surface area (Å²) >= 11 is 0. The molecule has 0 aliphatic carbocycles. The van der Waals surface area contributed by atoms with Crippen LogP contribution in [0.5, 0.6) is 5.75 Å². The van der Waals surface area contributed by atoms with Crippen LogP contribution in [-0.4, -0.2) is 21.2 Å². The van der Waals surface area contributed by atoms with Crippen molar-refractivity contribution in [3.63, 3.8) is 0 Å². The maximum atomic E-state index is 10.6. The lowest BCUT2D eigenvalue weighted by Crippen LogP contribution is -1.96. The van der Waals surface area contributed by atoms with E-state index in [1.54, 1.807) is 0 Å². The van der Waals surface area contributed by atoms with Crippen LogP contribution >= 0.6 is 0 Å². The molecule has 2 rings (SSSR count). The third-order valence-corrected chi connectivity index (χ3v) is 1.75. The molecule has 0 saturated carbocycles. The van der Waals surface area contributed by atoms with E-state index in [2.05, 4.69) is 4.98 Å². The topological polar surface area (TPSA) is 110 Å². The molecule has 0 aliphatic rings. The second-order valence-electron chi connectivity index (χ2n) is 2.69. The van der Waals surface area contributed by atoms with Gasteiger partial charge in [0.15, 0.2) is 5.58 Å². The Balaban J connectivity index is 2.76. The molecule has 2 aromatic rings. The van der Waals surface area contributed by atoms with Crippen molar-refractivity contribution in [1.82, 2.24) is 4.98 Å². The van der Waals surface area contributed by atoms with Gasteiger partial charge in [-0.2, -0.15) is 4.98 Å². The Labute approximate surface area is 77.6 Å². The van der Waals surface area contributed by atoms with Gasteiger partial charge in [0.2, 0.25) is 0 Å². The highest BCUT2D eigenvalue weighted by molar-refractivity contribution is 5.95. The maximum Gasteiger partial charge on any atom is 0.339 e. The van der Waals surface area contributed by atoms with Crippen LogP contribution in [0.3, 0.4) is 0 Å². The lowest BCUT2D eigenvalue weighted by Gasteiger charge is -1.96. The lowest BCUT2D eigenvalue weighted by molar-refractivity contribution is 0.0694. The molecule has 72 valence electrons. The van der Waals surface area contributed by atoms with Crippen LogP contribution in [0.1, 0.15) is 10.4 Å². The molecule has 0 aliphatic heterocycles. The van der Waals surface area contributed by atoms with Gasteiger partial charge >= 0.3 is 5.97 Å². The fraction of sp³-hybridized carbons (Fsp3) is 0. The number of hydrogen-bond acceptors (Lipinski definition) is 5. The number of nitrogens with two attached hydrogens (primary N) is 1. The van der Waals surface area contributed by atoms with E-state index < -0.39 is 5.97 Å². The van der Waals surface area contributed by atoms with Gasteiger partial charge in [0, 0.05) is 6.07 Å². The molecule has 6 nitrogen and oxygen atoms in total. The van der Waals surface area contributed by atoms with Gasteiger partial charge < -0.3 is 20.4 Å². The highest BCUT2D eigenvalue weighted by atomic mass is 16.4. The Morgan fingerprint density at radius 3 is 2.86 bits per heavy atom. The number of aromatic hydroxyl groups is 1. The monoisotopic (exact) mass is 194 g/mol. The number of hydrogen-bond donors (Lipinski definition) is 3. The first kappa shape index (κ1) is 8.36. The first-order valence-corrected chi connectivity index (χ1v) is 3.70. The zero-order chi connectivity index (χ0) is 10.3. The van der Waals surface area contributed by atoms with Crippen LogP contribution in [0.2, 0.25) is 0 Å². The number of aromatic nitrogens is 1. The lowest BCUT2D eigenvalue weighted by atomic mass is 10.2. The smallest absolute Gasteiger partial charge is 0.339 e. The quantitative estimate of drug-likeness (QED) is 0.619. The van der Waals surface area contributed by atoms with Crippen molar-refractivity contribution in [2.75, 3.05) is 5.73 Å². The number of benzene rings is 1. The minimum Gasteiger partial charge on any atom is -0.507 e. The Kier molecular flexibility index (Phi) is 1.57. The number of nitrogen functional groups attached to an aromatic ring is 1. The van der Waals surface area contributed by atoms with E-state index >= 15 is 0 Å². The fourth-order valence-corrected chi connectivity index (χ4v) is 1.15. The molecule has 0 bridgehead atoms. The summed E-state index contributed by atoms with van der Waals surface area (Å²) in [6.07, 6.45) is 0. The van der Waals surface area contributed by atoms with Crippen molar-refractivity contribution in [3.05, 3.63) is 17.7 Å². The molecule has 0 saturated heterocycles. The second-order valence-corrected chi connectivity index (χ2v) is 2.69. The van der Waals surface area contributed by atoms with Crippen molar-refractivity contribution in [2.45, 2.75) is 0 Å². The Morgan fingerprint density at radius 1 is 1.50 bits per heavy atom. The number of nitrogens with zero attached hydrogens (tertiary/aromatic N) is 1. The average molecular weight is 194 g/mol. The van der Waals surface area contributed by atoms with Crippen LogP contribution in [0.4, 0.5) is 6.01 Å². The molecule has 0 amide bonds. The zero-order valence-electron chi connectivity index (χ0n) is 6.89. The van der Waals surface area contributed by atoms with Gasteiger partial charge in [-0.15, -0.1) is 0 Å². The molecule has 1 heterocycles. The van der Waals surface area contributed by atoms with Crippen molar-refractivity contribution < 1.29 is 19.4 Å². The predicted octanol–water partition coefficient (Wildman–Crippen LogP) is 0.814. The van der Waals surface area contributed by atoms with Crippen LogP contribution in [-0.2, 0) is 0 Å². The summed E-state index contributed by atoms with van der Waals surface area (Å²) in [6.45, 7) is 0. The molecular weight excluding hydrogens is 188 g/mol. The van der Waals surface area contributed by atoms with E-state index in [1.165, 1.54) is 12.1 Å². The van der Waals surface area contributed by atoms with Crippen LogP contribution < -0.4 is 5.73 Å². The van der Waals surface area contributed by atoms with Gasteiger partial charge in [-0.25, -0.2) is 4.79 Å². The number of carbonyl (C=O) groups is 1. The highest BCUT2D eigenvalue weighted by Crippen LogP contribution is 2.25. The van der Waals surface area contributed by atoms with Crippen molar-refractivity contribution in [3.8, 4) is 5.75 Å². The average Bonchev–Trinajstić information content (AvgIpc) is 2.42. The van der Waals surface area contributed by atoms with Gasteiger partial charge in [0.1, 0.15) is 16.8 Å². The molecule has 14 heavy (non-hydrogen) atoms. The largest absolute Gasteiger partial charge is 0.507 e. The summed E-state index contributed by atoms with van der Waals surface area (Å²) in [5.74, 6) is -1.60. The van der Waals surface area contributed by atoms with E-state index in [0.717, 1.165) is 0 Å². The normalized spacial score (nSPS) is 10.6. The maximum absolute atomic E-state index is 10.6. The summed E-state index contributed by atoms with van der Waals surface area (Å²) in [7, 11) is 0. The first-order valence-electron chi connectivity index (χ1n) is 3.70. The van der Waals surface area contributed by atoms with Crippen molar-refractivity contribution in [1.29, 1.82) is 0 Å². The van der Waals surface area contributed by atoms with Gasteiger partial charge in [0.25, 0.3) is 6.01 Å². The molecule has 0 unspecified atom stereocenters. The number of phenols is 1. The second kappa shape index (κ2) is 2.63. The number of rotatable bonds is 1. The molecule has 0 atom stereocenters. The van der Waals surface area contributed by atoms with Crippen LogP contribution in [0.15, 0.2) is 16.5 Å². The highest BCUT2D eigenvalue weighted by Gasteiger charge is 2.13. The third-order valence-electron chi connectivity index (χ3n) is 1.75. The molecule has 6 heteroatoms. The van der Waals surface area contributed by atoms with E-state index in [-0.39, 0.29) is 22.9 Å². The number of carboxylic acid groups (broad SMARTS) is 1. The molecular formula is C8H6N2O4. The van der Waals surface area contributed by atoms with E-state index in [0.29, 0.717) is 5.52 Å². The molecule has 0 spiro atoms. The molecule has 0 fully saturated rings. The van der Waals surface area contributed by atoms with E-state index in [1.807, 2.05) is 0 Å². The minimum absolute atomic E-state index is 0.0676. The Hall–Kier alpha value is -2.24. The first-order chi connectivity index (χ1) is 6.58. The third kappa shape index (κ3) is 1.13. The Morgan fingerprint density at radius 2 is 2.21 bits per heavy atom. The SMILES string of the molecule is Nc1nc2cc(C(=O)O)c(O)cc2o1. The number of fused-ring (bicyclic) bond motifs is 1. The number of aromatic carboxylic acids is 1. The van der Waals surface area contributed by atoms with E-state index in [9.17, 15) is 9.90 Å². The minimum atomic E-state index is -1.23. The van der Waals surface area contributed by atoms with E-state index in [4.69, 9.17) is 15.3 Å². The summed E-state index contributed by atoms with van der Waals surface area (Å²) in [4.78, 5) is 14.4. The number of oxazole rings is 1. The fourth-order valence-electron chi connectivity index (χ4n) is 1.15. The van der Waals surface area contributed by atoms with Gasteiger partial charge in [-0.05, 0) is 6.07 Å². The summed E-state index contributed by atoms with van der Waals surface area (Å²) in [5.41, 5.74) is 5.59. The van der Waals surface area contributed by atoms with Gasteiger partial charge in [-0.3, -0.25) is 0 Å². The van der Waals surface area contributed by atoms with Crippen LogP contribution in [0, 0.1) is 0 Å². The summed E-state index contributed by atoms with van der Waals surface area (Å²) in [5, 5.41) is 18.0. The Bertz CT molecular complexity index is 517. The summed E-state index contributed by atoms with van der Waals surface area (Å²) < 4.78 is 4.90. The number of anilines is 1. The summed E-state index contributed by atoms with van der Waals surface area (Å²) in [6, 6.07) is 2.30. The molecule has 4 N–H and O–H groups in total. The van der Waals surface area contributed by atoms with Crippen molar-refractivity contribution >= 4 is 23.1 Å². The van der Waals surface area contributed by atoms with Gasteiger partial charge in [0.05, 0.1) is 0 Å². The molecule has 1 aromatic heterocycles. The molecule has 1 aromatic carbocycles. The zero-order valence-corrected chi connectivity index (χ0v) is 6.89. The van der Waals surface area contributed by atoms with Crippen LogP contribution in [0.25, 0.3) is 11.1 Å². The van der Waals surface area contributed by atoms with Gasteiger partial charge in [-0.1, -0.05) is 0 Å². The standard InChI is InChI=1S/C8H6N2O4/c9-8-10-4-1-3(7(12)13)5(11)2-6(4)14-8/h1-2,11H,(H2,9,10)(H,12,13). The number of carboxylic acids is 1. The predicted molar refractivity (Wildman–Crippen MR) is 47.0 cm³/mol.